The van der Waals surface area contributed by atoms with Crippen LogP contribution in [0.5, 0.6) is 0 Å². The third kappa shape index (κ3) is 1.96. The maximum absolute atomic E-state index is 4.24. The summed E-state index contributed by atoms with van der Waals surface area (Å²) in [6, 6.07) is 0. The van der Waals surface area contributed by atoms with E-state index in [4.69, 9.17) is 0 Å². The summed E-state index contributed by atoms with van der Waals surface area (Å²) in [6.45, 7) is 3.00. The molecule has 0 aliphatic rings. The smallest absolute Gasteiger partial charge is 0.169 e. The van der Waals surface area contributed by atoms with Gasteiger partial charge in [-0.1, -0.05) is 12.1 Å². The minimum absolute atomic E-state index is 0.812. The van der Waals surface area contributed by atoms with Gasteiger partial charge in [0.25, 0.3) is 0 Å². The van der Waals surface area contributed by atoms with Gasteiger partial charge >= 0.3 is 0 Å². The van der Waals surface area contributed by atoms with Crippen LogP contribution in [0.25, 0.3) is 11.4 Å². The van der Waals surface area contributed by atoms with E-state index in [0.717, 1.165) is 30.2 Å². The predicted molar refractivity (Wildman–Crippen MR) is 58.7 cm³/mol. The Bertz CT molecular complexity index is 434. The molecule has 0 fully saturated rings. The highest BCUT2D eigenvalue weighted by Gasteiger charge is 2.13. The van der Waals surface area contributed by atoms with Crippen molar-refractivity contribution in [3.8, 4) is 11.4 Å². The zero-order chi connectivity index (χ0) is 10.7. The van der Waals surface area contributed by atoms with Crippen molar-refractivity contribution in [3.05, 3.63) is 6.20 Å². The first-order valence-electron chi connectivity index (χ1n) is 4.74. The summed E-state index contributed by atoms with van der Waals surface area (Å²) >= 11 is 1.19. The minimum atomic E-state index is 0.812. The highest BCUT2D eigenvalue weighted by atomic mass is 32.1. The van der Waals surface area contributed by atoms with Crippen LogP contribution < -0.4 is 5.32 Å². The molecule has 0 radical (unpaired) electrons. The summed E-state index contributed by atoms with van der Waals surface area (Å²) in [7, 11) is 1.84. The molecule has 0 saturated heterocycles. The number of hydrogen-bond donors (Lipinski definition) is 1. The Morgan fingerprint density at radius 2 is 2.33 bits per heavy atom. The average molecular weight is 224 g/mol. The van der Waals surface area contributed by atoms with Crippen LogP contribution in [0.1, 0.15) is 13.3 Å². The first kappa shape index (κ1) is 10.0. The van der Waals surface area contributed by atoms with Gasteiger partial charge in [0, 0.05) is 13.6 Å². The molecule has 0 spiro atoms. The molecule has 6 nitrogen and oxygen atoms in total. The molecule has 0 bridgehead atoms. The molecule has 15 heavy (non-hydrogen) atoms. The van der Waals surface area contributed by atoms with Crippen LogP contribution in [0.2, 0.25) is 0 Å². The van der Waals surface area contributed by atoms with E-state index < -0.39 is 0 Å². The third-order valence-corrected chi connectivity index (χ3v) is 2.52. The van der Waals surface area contributed by atoms with Crippen LogP contribution in [0.3, 0.4) is 0 Å². The number of nitrogens with one attached hydrogen (secondary N) is 1. The van der Waals surface area contributed by atoms with Crippen molar-refractivity contribution in [2.75, 3.05) is 11.9 Å². The molecule has 0 aliphatic carbocycles. The van der Waals surface area contributed by atoms with E-state index in [1.807, 2.05) is 7.05 Å². The van der Waals surface area contributed by atoms with Gasteiger partial charge in [-0.3, -0.25) is 0 Å². The summed E-state index contributed by atoms with van der Waals surface area (Å²) < 4.78 is 10.1. The van der Waals surface area contributed by atoms with Gasteiger partial charge in [-0.05, 0) is 6.42 Å². The molecule has 2 rings (SSSR count). The molecule has 1 N–H and O–H groups in total. The van der Waals surface area contributed by atoms with Crippen LogP contribution in [0.4, 0.5) is 5.82 Å². The highest BCUT2D eigenvalue weighted by molar-refractivity contribution is 6.99. The summed E-state index contributed by atoms with van der Waals surface area (Å²) in [6.07, 6.45) is 2.74. The summed E-state index contributed by atoms with van der Waals surface area (Å²) in [5, 5.41) is 10.9. The number of aryl methyl sites for hydroxylation is 1. The molecule has 2 aromatic heterocycles. The van der Waals surface area contributed by atoms with Gasteiger partial charge in [-0.25, -0.2) is 4.68 Å². The Hall–Kier alpha value is -1.50. The second-order valence-corrected chi connectivity index (χ2v) is 3.66. The maximum atomic E-state index is 4.24. The van der Waals surface area contributed by atoms with Crippen LogP contribution in [0, 0.1) is 0 Å². The van der Waals surface area contributed by atoms with Crippen molar-refractivity contribution in [1.82, 2.24) is 23.7 Å². The van der Waals surface area contributed by atoms with Crippen LogP contribution >= 0.6 is 11.7 Å². The lowest BCUT2D eigenvalue weighted by molar-refractivity contribution is 0.719. The molecule has 0 atom stereocenters. The SMILES string of the molecule is CCCNc1nsnc1-c1cnnn1C. The average Bonchev–Trinajstić information content (AvgIpc) is 2.82. The zero-order valence-corrected chi connectivity index (χ0v) is 9.45. The fraction of sp³-hybridized carbons (Fsp3) is 0.500. The second kappa shape index (κ2) is 4.35. The Labute approximate surface area is 91.7 Å². The van der Waals surface area contributed by atoms with Crippen LogP contribution in [0.15, 0.2) is 6.20 Å². The van der Waals surface area contributed by atoms with Crippen molar-refractivity contribution in [2.45, 2.75) is 13.3 Å². The standard InChI is InChI=1S/C8H12N6S/c1-3-4-9-8-7(11-15-12-8)6-5-10-13-14(6)2/h5H,3-4H2,1-2H3,(H,9,12). The Kier molecular flexibility index (Phi) is 2.91. The molecule has 2 heterocycles. The molecule has 0 amide bonds. The lowest BCUT2D eigenvalue weighted by Gasteiger charge is -2.02. The van der Waals surface area contributed by atoms with Gasteiger partial charge in [0.15, 0.2) is 5.82 Å². The summed E-state index contributed by atoms with van der Waals surface area (Å²) in [5.41, 5.74) is 1.70. The first-order chi connectivity index (χ1) is 7.33. The van der Waals surface area contributed by atoms with Crippen molar-refractivity contribution in [2.24, 2.45) is 7.05 Å². The van der Waals surface area contributed by atoms with Gasteiger partial charge in [0.1, 0.15) is 11.4 Å². The summed E-state index contributed by atoms with van der Waals surface area (Å²) in [5.74, 6) is 0.812. The third-order valence-electron chi connectivity index (χ3n) is 1.99. The summed E-state index contributed by atoms with van der Waals surface area (Å²) in [4.78, 5) is 0. The van der Waals surface area contributed by atoms with Crippen LogP contribution in [-0.2, 0) is 7.05 Å². The van der Waals surface area contributed by atoms with Gasteiger partial charge in [-0.2, -0.15) is 8.75 Å². The molecule has 2 aromatic rings. The second-order valence-electron chi connectivity index (χ2n) is 3.13. The minimum Gasteiger partial charge on any atom is -0.367 e. The number of nitrogens with zero attached hydrogens (tertiary/aromatic N) is 5. The predicted octanol–water partition coefficient (Wildman–Crippen LogP) is 1.16. The van der Waals surface area contributed by atoms with E-state index in [1.54, 1.807) is 10.9 Å². The Morgan fingerprint density at radius 3 is 3.00 bits per heavy atom. The molecular weight excluding hydrogens is 212 g/mol. The zero-order valence-electron chi connectivity index (χ0n) is 8.64. The maximum Gasteiger partial charge on any atom is 0.169 e. The van der Waals surface area contributed by atoms with Gasteiger partial charge in [0.05, 0.1) is 17.9 Å². The molecule has 7 heteroatoms. The number of aromatic nitrogens is 5. The molecule has 80 valence electrons. The largest absolute Gasteiger partial charge is 0.367 e. The van der Waals surface area contributed by atoms with E-state index in [0.29, 0.717) is 0 Å². The lowest BCUT2D eigenvalue weighted by Crippen LogP contribution is -2.02. The van der Waals surface area contributed by atoms with Crippen molar-refractivity contribution >= 4 is 17.5 Å². The molecule has 0 aliphatic heterocycles. The quantitative estimate of drug-likeness (QED) is 0.843. The van der Waals surface area contributed by atoms with E-state index in [9.17, 15) is 0 Å². The van der Waals surface area contributed by atoms with E-state index in [1.165, 1.54) is 11.7 Å². The monoisotopic (exact) mass is 224 g/mol. The molecule has 0 saturated carbocycles. The number of anilines is 1. The van der Waals surface area contributed by atoms with Gasteiger partial charge < -0.3 is 5.32 Å². The molecule has 0 unspecified atom stereocenters. The fourth-order valence-electron chi connectivity index (χ4n) is 1.22. The van der Waals surface area contributed by atoms with Crippen molar-refractivity contribution < 1.29 is 0 Å². The highest BCUT2D eigenvalue weighted by Crippen LogP contribution is 2.24. The van der Waals surface area contributed by atoms with E-state index >= 15 is 0 Å². The van der Waals surface area contributed by atoms with E-state index in [2.05, 4.69) is 31.3 Å². The lowest BCUT2D eigenvalue weighted by atomic mass is 10.3. The van der Waals surface area contributed by atoms with E-state index in [-0.39, 0.29) is 0 Å². The first-order valence-corrected chi connectivity index (χ1v) is 5.47. The van der Waals surface area contributed by atoms with Crippen molar-refractivity contribution in [1.29, 1.82) is 0 Å². The fourth-order valence-corrected chi connectivity index (χ4v) is 1.76. The number of rotatable bonds is 4. The Balaban J connectivity index is 2.29. The molecule has 0 aromatic carbocycles. The topological polar surface area (TPSA) is 68.5 Å². The van der Waals surface area contributed by atoms with Crippen molar-refractivity contribution in [3.63, 3.8) is 0 Å². The van der Waals surface area contributed by atoms with Crippen LogP contribution in [-0.4, -0.2) is 30.3 Å². The molecular formula is C8H12N6S. The normalized spacial score (nSPS) is 10.5. The van der Waals surface area contributed by atoms with Gasteiger partial charge in [0.2, 0.25) is 0 Å². The Morgan fingerprint density at radius 1 is 1.47 bits per heavy atom. The number of hydrogen-bond acceptors (Lipinski definition) is 6. The van der Waals surface area contributed by atoms with Gasteiger partial charge in [-0.15, -0.1) is 5.10 Å².